The van der Waals surface area contributed by atoms with E-state index < -0.39 is 0 Å². The van der Waals surface area contributed by atoms with Crippen molar-refractivity contribution in [2.45, 2.75) is 13.5 Å². The molecule has 0 atom stereocenters. The first-order chi connectivity index (χ1) is 9.10. The summed E-state index contributed by atoms with van der Waals surface area (Å²) in [6.45, 7) is 2.83. The van der Waals surface area contributed by atoms with Crippen molar-refractivity contribution < 1.29 is 4.74 Å². The lowest BCUT2D eigenvalue weighted by atomic mass is 10.2. The number of ether oxygens (including phenoxy) is 1. The number of hydrogen-bond acceptors (Lipinski definition) is 2. The molecule has 19 heavy (non-hydrogen) atoms. The van der Waals surface area contributed by atoms with Crippen LogP contribution in [0.5, 0.6) is 11.5 Å². The lowest BCUT2D eigenvalue weighted by Crippen LogP contribution is -2.06. The van der Waals surface area contributed by atoms with Crippen molar-refractivity contribution in [3.8, 4) is 11.5 Å². The molecule has 0 fully saturated rings. The van der Waals surface area contributed by atoms with E-state index in [1.54, 1.807) is 0 Å². The maximum absolute atomic E-state index is 6.01. The topological polar surface area (TPSA) is 21.3 Å². The second-order valence-corrected chi connectivity index (χ2v) is 6.09. The Kier molecular flexibility index (Phi) is 5.02. The van der Waals surface area contributed by atoms with Crippen LogP contribution in [-0.2, 0) is 6.54 Å². The van der Waals surface area contributed by atoms with Crippen molar-refractivity contribution in [2.75, 3.05) is 7.05 Å². The number of nitrogens with one attached hydrogen (secondary N) is 1. The van der Waals surface area contributed by atoms with Gasteiger partial charge in [-0.05, 0) is 59.7 Å². The number of halogens is 2. The Balaban J connectivity index is 2.33. The molecule has 4 heteroatoms. The van der Waals surface area contributed by atoms with Gasteiger partial charge in [0.05, 0.1) is 4.47 Å². The van der Waals surface area contributed by atoms with Crippen LogP contribution in [0, 0.1) is 6.92 Å². The monoisotopic (exact) mass is 383 g/mol. The Morgan fingerprint density at radius 1 is 1.05 bits per heavy atom. The summed E-state index contributed by atoms with van der Waals surface area (Å²) in [6.07, 6.45) is 0. The van der Waals surface area contributed by atoms with E-state index in [1.807, 2.05) is 37.4 Å². The molecule has 0 bridgehead atoms. The minimum Gasteiger partial charge on any atom is -0.456 e. The zero-order valence-corrected chi connectivity index (χ0v) is 14.0. The first-order valence-corrected chi connectivity index (χ1v) is 7.56. The quantitative estimate of drug-likeness (QED) is 0.797. The molecule has 2 nitrogen and oxygen atoms in total. The molecule has 0 heterocycles. The van der Waals surface area contributed by atoms with Gasteiger partial charge in [-0.3, -0.25) is 0 Å². The lowest BCUT2D eigenvalue weighted by Gasteiger charge is -2.13. The van der Waals surface area contributed by atoms with Crippen molar-refractivity contribution in [1.29, 1.82) is 0 Å². The maximum atomic E-state index is 6.01. The van der Waals surface area contributed by atoms with Gasteiger partial charge in [-0.2, -0.15) is 0 Å². The number of aryl methyl sites for hydroxylation is 1. The normalized spacial score (nSPS) is 10.5. The van der Waals surface area contributed by atoms with Crippen LogP contribution in [0.15, 0.2) is 45.3 Å². The highest BCUT2D eigenvalue weighted by atomic mass is 79.9. The number of benzene rings is 2. The van der Waals surface area contributed by atoms with Gasteiger partial charge in [-0.1, -0.05) is 28.1 Å². The van der Waals surface area contributed by atoms with Gasteiger partial charge in [-0.25, -0.2) is 0 Å². The molecule has 0 aromatic heterocycles. The largest absolute Gasteiger partial charge is 0.456 e. The van der Waals surface area contributed by atoms with Gasteiger partial charge in [0.25, 0.3) is 0 Å². The Hall–Kier alpha value is -0.840. The van der Waals surface area contributed by atoms with Gasteiger partial charge < -0.3 is 10.1 Å². The summed E-state index contributed by atoms with van der Waals surface area (Å²) in [5.41, 5.74) is 2.32. The van der Waals surface area contributed by atoms with Crippen LogP contribution in [0.25, 0.3) is 0 Å². The van der Waals surface area contributed by atoms with Gasteiger partial charge in [0.2, 0.25) is 0 Å². The summed E-state index contributed by atoms with van der Waals surface area (Å²) < 4.78 is 7.98. The third-order valence-electron chi connectivity index (χ3n) is 2.70. The predicted octanol–water partition coefficient (Wildman–Crippen LogP) is 5.03. The van der Waals surface area contributed by atoms with E-state index in [1.165, 1.54) is 5.56 Å². The zero-order valence-electron chi connectivity index (χ0n) is 10.8. The molecule has 100 valence electrons. The van der Waals surface area contributed by atoms with Crippen LogP contribution in [-0.4, -0.2) is 7.05 Å². The third-order valence-corrected chi connectivity index (χ3v) is 3.82. The van der Waals surface area contributed by atoms with E-state index in [0.29, 0.717) is 0 Å². The molecule has 2 rings (SSSR count). The van der Waals surface area contributed by atoms with E-state index in [4.69, 9.17) is 4.74 Å². The fourth-order valence-electron chi connectivity index (χ4n) is 1.77. The van der Waals surface area contributed by atoms with Crippen LogP contribution < -0.4 is 10.1 Å². The molecule has 0 saturated carbocycles. The van der Waals surface area contributed by atoms with E-state index in [9.17, 15) is 0 Å². The van der Waals surface area contributed by atoms with Crippen molar-refractivity contribution in [3.05, 3.63) is 56.5 Å². The lowest BCUT2D eigenvalue weighted by molar-refractivity contribution is 0.471. The standard InChI is InChI=1S/C15H15Br2NO/c1-10-3-6-14(13(17)7-10)19-15-8-12(16)5-4-11(15)9-18-2/h3-8,18H,9H2,1-2H3. The summed E-state index contributed by atoms with van der Waals surface area (Å²) in [4.78, 5) is 0. The summed E-state index contributed by atoms with van der Waals surface area (Å²) in [7, 11) is 1.92. The number of hydrogen-bond donors (Lipinski definition) is 1. The average molecular weight is 385 g/mol. The van der Waals surface area contributed by atoms with E-state index in [2.05, 4.69) is 50.2 Å². The highest BCUT2D eigenvalue weighted by Crippen LogP contribution is 2.33. The van der Waals surface area contributed by atoms with Crippen LogP contribution in [0.4, 0.5) is 0 Å². The Morgan fingerprint density at radius 2 is 1.84 bits per heavy atom. The van der Waals surface area contributed by atoms with Crippen LogP contribution in [0.3, 0.4) is 0 Å². The third kappa shape index (κ3) is 3.81. The summed E-state index contributed by atoms with van der Waals surface area (Å²) in [6, 6.07) is 12.1. The first-order valence-electron chi connectivity index (χ1n) is 5.97. The predicted molar refractivity (Wildman–Crippen MR) is 85.9 cm³/mol. The average Bonchev–Trinajstić information content (AvgIpc) is 2.36. The molecule has 1 N–H and O–H groups in total. The molecule has 0 radical (unpaired) electrons. The van der Waals surface area contributed by atoms with Gasteiger partial charge in [0, 0.05) is 16.6 Å². The van der Waals surface area contributed by atoms with Crippen LogP contribution >= 0.6 is 31.9 Å². The van der Waals surface area contributed by atoms with Crippen LogP contribution in [0.1, 0.15) is 11.1 Å². The molecule has 0 saturated heterocycles. The summed E-state index contributed by atoms with van der Waals surface area (Å²) in [5, 5.41) is 3.15. The molecule has 2 aromatic carbocycles. The van der Waals surface area contributed by atoms with Gasteiger partial charge in [0.1, 0.15) is 11.5 Å². The minimum atomic E-state index is 0.770. The Bertz CT molecular complexity index is 584. The molecule has 0 spiro atoms. The second kappa shape index (κ2) is 6.55. The molecule has 0 amide bonds. The molecule has 2 aromatic rings. The highest BCUT2D eigenvalue weighted by Gasteiger charge is 2.08. The molecular formula is C15H15Br2NO. The Morgan fingerprint density at radius 3 is 2.53 bits per heavy atom. The molecule has 0 aliphatic carbocycles. The second-order valence-electron chi connectivity index (χ2n) is 4.32. The fourth-order valence-corrected chi connectivity index (χ4v) is 2.68. The van der Waals surface area contributed by atoms with E-state index in [0.717, 1.165) is 32.6 Å². The van der Waals surface area contributed by atoms with E-state index >= 15 is 0 Å². The van der Waals surface area contributed by atoms with Gasteiger partial charge in [0.15, 0.2) is 0 Å². The van der Waals surface area contributed by atoms with Crippen molar-refractivity contribution in [1.82, 2.24) is 5.32 Å². The zero-order chi connectivity index (χ0) is 13.8. The fraction of sp³-hybridized carbons (Fsp3) is 0.200. The van der Waals surface area contributed by atoms with Crippen molar-refractivity contribution in [3.63, 3.8) is 0 Å². The minimum absolute atomic E-state index is 0.770. The summed E-state index contributed by atoms with van der Waals surface area (Å²) in [5.74, 6) is 1.68. The molecule has 0 aliphatic rings. The van der Waals surface area contributed by atoms with E-state index in [-0.39, 0.29) is 0 Å². The first kappa shape index (κ1) is 14.6. The number of rotatable bonds is 4. The summed E-state index contributed by atoms with van der Waals surface area (Å²) >= 11 is 7.01. The van der Waals surface area contributed by atoms with Crippen molar-refractivity contribution >= 4 is 31.9 Å². The van der Waals surface area contributed by atoms with Gasteiger partial charge >= 0.3 is 0 Å². The molecule has 0 aliphatic heterocycles. The molecular weight excluding hydrogens is 370 g/mol. The SMILES string of the molecule is CNCc1ccc(Br)cc1Oc1ccc(C)cc1Br. The highest BCUT2D eigenvalue weighted by molar-refractivity contribution is 9.10. The van der Waals surface area contributed by atoms with Gasteiger partial charge in [-0.15, -0.1) is 0 Å². The molecule has 0 unspecified atom stereocenters. The van der Waals surface area contributed by atoms with Crippen LogP contribution in [0.2, 0.25) is 0 Å². The Labute approximate surface area is 130 Å². The van der Waals surface area contributed by atoms with Crippen molar-refractivity contribution in [2.24, 2.45) is 0 Å². The smallest absolute Gasteiger partial charge is 0.141 e. The maximum Gasteiger partial charge on any atom is 0.141 e.